The van der Waals surface area contributed by atoms with Crippen LogP contribution in [0.2, 0.25) is 19.6 Å². The second-order valence-corrected chi connectivity index (χ2v) is 41.1. The average Bonchev–Trinajstić information content (AvgIpc) is 0.603. The molecule has 751 valence electrons. The number of hydrogen-bond donors (Lipinski definition) is 5. The number of hydrogen-bond acceptors (Lipinski definition) is 15. The molecule has 0 unspecified atom stereocenters. The van der Waals surface area contributed by atoms with Crippen LogP contribution in [-0.4, -0.2) is 87.4 Å². The van der Waals surface area contributed by atoms with Gasteiger partial charge in [0.1, 0.15) is 0 Å². The molecule has 0 aliphatic carbocycles. The number of fused-ring (bicyclic) bond motifs is 5. The molecule has 5 radical (unpaired) electrons. The fourth-order valence-electron chi connectivity index (χ4n) is 15.0. The third-order valence-electron chi connectivity index (χ3n) is 20.0. The van der Waals surface area contributed by atoms with E-state index in [0.29, 0.717) is 0 Å². The van der Waals surface area contributed by atoms with E-state index >= 15 is 0 Å². The summed E-state index contributed by atoms with van der Waals surface area (Å²) in [7, 11) is -1.28. The third kappa shape index (κ3) is 45.3. The number of benzene rings is 10. The van der Waals surface area contributed by atoms with Gasteiger partial charge >= 0.3 is 0 Å². The van der Waals surface area contributed by atoms with Crippen LogP contribution in [0.4, 0.5) is 0 Å². The zero-order valence-corrected chi connectivity index (χ0v) is 99.5. The molecule has 21 heteroatoms. The maximum Gasteiger partial charge on any atom is 0.155 e. The van der Waals surface area contributed by atoms with Gasteiger partial charge in [-0.05, 0) is 232 Å². The molecule has 15 aromatic rings. The summed E-state index contributed by atoms with van der Waals surface area (Å²) in [6, 6.07) is 85.7. The first-order valence-electron chi connectivity index (χ1n) is 45.0. The van der Waals surface area contributed by atoms with Gasteiger partial charge in [0.05, 0.1) is 64.5 Å². The van der Waals surface area contributed by atoms with E-state index in [1.165, 1.54) is 198 Å². The van der Waals surface area contributed by atoms with Crippen molar-refractivity contribution in [1.82, 2.24) is 24.9 Å². The van der Waals surface area contributed by atoms with E-state index < -0.39 is 8.07 Å². The van der Waals surface area contributed by atoms with Crippen LogP contribution < -0.4 is 5.19 Å². The number of aryl methyl sites for hydroxylation is 17. The van der Waals surface area contributed by atoms with Crippen LogP contribution in [0.3, 0.4) is 0 Å². The number of rotatable bonds is 11. The molecular weight excluding hydrogens is 2660 g/mol. The topological polar surface area (TPSA) is 251 Å². The van der Waals surface area contributed by atoms with E-state index in [2.05, 4.69) is 362 Å². The van der Waals surface area contributed by atoms with Crippen molar-refractivity contribution in [2.24, 2.45) is 0 Å². The summed E-state index contributed by atoms with van der Waals surface area (Å²) in [5.74, 6) is -0.312. The second kappa shape index (κ2) is 60.9. The van der Waals surface area contributed by atoms with Crippen molar-refractivity contribution in [2.75, 3.05) is 0 Å². The van der Waals surface area contributed by atoms with Gasteiger partial charge in [0, 0.05) is 142 Å². The van der Waals surface area contributed by atoms with E-state index in [1.807, 2.05) is 0 Å². The Labute approximate surface area is 904 Å². The molecule has 5 aromatic heterocycles. The van der Waals surface area contributed by atoms with Crippen LogP contribution in [0.5, 0.6) is 0 Å². The number of ketones is 5. The monoisotopic (exact) mass is 2800 g/mol. The van der Waals surface area contributed by atoms with Crippen molar-refractivity contribution >= 4 is 96.7 Å². The Morgan fingerprint density at radius 1 is 0.241 bits per heavy atom. The first-order valence-corrected chi connectivity index (χ1v) is 48.5. The van der Waals surface area contributed by atoms with Gasteiger partial charge in [0.25, 0.3) is 0 Å². The Kier molecular flexibility index (Phi) is 55.2. The smallest absolute Gasteiger partial charge is 0.155 e. The summed E-state index contributed by atoms with van der Waals surface area (Å²) in [5.41, 5.74) is 36.5. The molecule has 0 amide bonds. The minimum Gasteiger partial charge on any atom is -0.512 e. The maximum absolute atomic E-state index is 10.0. The third-order valence-corrected chi connectivity index (χ3v) is 22.1. The molecule has 15 nitrogen and oxygen atoms in total. The van der Waals surface area contributed by atoms with Crippen LogP contribution in [-0.2, 0) is 124 Å². The molecule has 0 saturated carbocycles. The molecule has 0 atom stereocenters. The Hall–Kier alpha value is -11.2. The SMILES string of the molecule is CC(=O)C=C(C)O.CC(=O)C=C(C)O.CC(=O)C=C(C)O.CC(=O)C=C(C)O.CC(=O)C=C(C)O.Cc1[c-]c(-c2cc(C)c3c(C)cc(C)cc3n2)cc(C)c1.Cc1[c-]c(-c2ccc3c(C)cc(C)cc3n2)cc(C)c1.Cc1[c-]c(-c2ccc3cc(C)ccc3n2)cc(C)c1.Cc1[c-]c(-c2ccc3cc([Si](C)(C)C)ccc3n2)cc(C)c1.Cc1[c-]c(-c2ccc3ccc(C)cc3n2)cc(C)c1.[Ir].[Ir].[Ir].[Ir].[Ir]. The first kappa shape index (κ1) is 128. The van der Waals surface area contributed by atoms with E-state index in [0.717, 1.165) is 112 Å². The van der Waals surface area contributed by atoms with Gasteiger partial charge in [0.15, 0.2) is 28.9 Å². The average molecular weight is 2790 g/mol. The number of carbonyl (C=O) groups is 5. The number of allylic oxidation sites excluding steroid dienone is 10. The van der Waals surface area contributed by atoms with Gasteiger partial charge in [-0.3, -0.25) is 48.9 Å². The van der Waals surface area contributed by atoms with Crippen LogP contribution in [0, 0.1) is 148 Å². The fraction of sp³-hybridized carbons (Fsp3) is 0.250. The number of aliphatic hydroxyl groups is 5. The molecule has 5 heterocycles. The molecule has 0 aliphatic rings. The molecule has 0 spiro atoms. The summed E-state index contributed by atoms with van der Waals surface area (Å²) in [4.78, 5) is 74.1. The van der Waals surface area contributed by atoms with Crippen LogP contribution in [0.15, 0.2) is 253 Å². The molecule has 141 heavy (non-hydrogen) atoms. The van der Waals surface area contributed by atoms with Gasteiger partial charge < -0.3 is 25.5 Å². The molecule has 5 N–H and O–H groups in total. The summed E-state index contributed by atoms with van der Waals surface area (Å²) >= 11 is 0. The molecule has 0 fully saturated rings. The fourth-order valence-corrected chi connectivity index (χ4v) is 16.2. The zero-order valence-electron chi connectivity index (χ0n) is 86.5. The predicted octanol–water partition coefficient (Wildman–Crippen LogP) is 29.5. The van der Waals surface area contributed by atoms with Gasteiger partial charge in [-0.15, -0.1) is 174 Å². The maximum atomic E-state index is 10.0. The van der Waals surface area contributed by atoms with E-state index in [4.69, 9.17) is 50.5 Å². The van der Waals surface area contributed by atoms with Crippen molar-refractivity contribution in [1.29, 1.82) is 0 Å². The van der Waals surface area contributed by atoms with Crippen molar-refractivity contribution in [3.8, 4) is 56.3 Å². The molecule has 0 saturated heterocycles. The van der Waals surface area contributed by atoms with E-state index in [9.17, 15) is 24.0 Å². The van der Waals surface area contributed by atoms with E-state index in [1.54, 1.807) is 0 Å². The molecule has 0 aliphatic heterocycles. The van der Waals surface area contributed by atoms with Gasteiger partial charge in [-0.2, -0.15) is 0 Å². The van der Waals surface area contributed by atoms with Gasteiger partial charge in [0.2, 0.25) is 0 Å². The summed E-state index contributed by atoms with van der Waals surface area (Å²) in [5, 5.41) is 49.4. The number of aliphatic hydroxyl groups excluding tert-OH is 5. The standard InChI is InChI=1S/C20H22NSi.C20H20N.C19H18N.2C18H16N.5C5H8O2.5Ir/c1-14-10-15(2)12-17(11-14)20-8-6-16-13-18(22(3,4)5)7-9-19(16)21-20;1-12-6-13(2)9-17(8-12)18-11-16(5)20-15(4)7-14(3)10-19(20)21-18;1-12-7-13(2)10-16(9-12)18-6-5-17-15(4)8-14(3)11-19(17)20-18;1-12-4-6-17-15(9-12)5-7-18(19-17)16-10-13(2)8-14(3)11-16;1-12-4-5-15-6-7-17(19-18(15)11-12)16-9-13(2)8-14(3)10-16;5*1-4(6)3-5(2)7;;;;;/h6-11,13H,1-5H3;6-8,10-11H,1-5H3;5-9,11H,1-4H3;4-10H,1-3H3;4-9,11H,1-3H3;5*3,6H,1-2H3;;;;;/q5*-1;;;;;;;;;;. The minimum absolute atomic E-state index is 0. The van der Waals surface area contributed by atoms with Crippen molar-refractivity contribution < 1.29 is 150 Å². The largest absolute Gasteiger partial charge is 0.512 e. The zero-order chi connectivity index (χ0) is 101. The van der Waals surface area contributed by atoms with Gasteiger partial charge in [-0.25, -0.2) is 0 Å². The molecule has 10 aromatic carbocycles. The molecule has 0 bridgehead atoms. The van der Waals surface area contributed by atoms with Crippen molar-refractivity contribution in [3.63, 3.8) is 0 Å². The van der Waals surface area contributed by atoms with Crippen molar-refractivity contribution in [3.05, 3.63) is 378 Å². The molecular formula is C120H132Ir5N5O10Si-5. The number of carbonyl (C=O) groups excluding carboxylic acids is 5. The Balaban J connectivity index is 0.000000806. The summed E-state index contributed by atoms with van der Waals surface area (Å²) < 4.78 is 0. The molecule has 15 rings (SSSR count). The van der Waals surface area contributed by atoms with Crippen LogP contribution in [0.1, 0.15) is 164 Å². The quantitative estimate of drug-likeness (QED) is 0.0349. The second-order valence-electron chi connectivity index (χ2n) is 36.0. The van der Waals surface area contributed by atoms with Crippen molar-refractivity contribution in [2.45, 2.75) is 207 Å². The summed E-state index contributed by atoms with van der Waals surface area (Å²) in [6.45, 7) is 57.2. The number of nitrogens with zero attached hydrogens (tertiary/aromatic N) is 5. The minimum atomic E-state index is -1.28. The summed E-state index contributed by atoms with van der Waals surface area (Å²) in [6.07, 6.45) is 5.83. The Bertz CT molecular complexity index is 6770. The number of pyridine rings is 5. The first-order chi connectivity index (χ1) is 63.6. The normalized spacial score (nSPS) is 10.8. The Morgan fingerprint density at radius 3 is 0.830 bits per heavy atom. The van der Waals surface area contributed by atoms with E-state index in [-0.39, 0.29) is 158 Å². The van der Waals surface area contributed by atoms with Gasteiger partial charge in [-0.1, -0.05) is 197 Å². The predicted molar refractivity (Wildman–Crippen MR) is 569 cm³/mol. The number of aromatic nitrogens is 5. The van der Waals surface area contributed by atoms with Crippen LogP contribution in [0.25, 0.3) is 111 Å². The Morgan fingerprint density at radius 2 is 0.496 bits per heavy atom. The van der Waals surface area contributed by atoms with Crippen LogP contribution >= 0.6 is 0 Å².